The van der Waals surface area contributed by atoms with Crippen LogP contribution in [0.15, 0.2) is 0 Å². The average molecular weight is 436 g/mol. The molecule has 0 aromatic heterocycles. The first kappa shape index (κ1) is 28.1. The number of hydrogen-bond acceptors (Lipinski definition) is 9. The van der Waals surface area contributed by atoms with Crippen LogP contribution in [0, 0.1) is 0 Å². The number of hydrogen-bond donors (Lipinski definition) is 3. The summed E-state index contributed by atoms with van der Waals surface area (Å²) in [7, 11) is 1.25. The minimum absolute atomic E-state index is 0.146. The molecule has 2 amide bonds. The quantitative estimate of drug-likeness (QED) is 0.224. The van der Waals surface area contributed by atoms with Gasteiger partial charge in [0.25, 0.3) is 0 Å². The lowest BCUT2D eigenvalue weighted by Crippen LogP contribution is -2.34. The van der Waals surface area contributed by atoms with Crippen LogP contribution in [0.3, 0.4) is 0 Å². The predicted octanol–water partition coefficient (Wildman–Crippen LogP) is -0.0424. The highest BCUT2D eigenvalue weighted by Crippen LogP contribution is 2.06. The first-order valence-corrected chi connectivity index (χ1v) is 9.96. The molecule has 176 valence electrons. The number of rotatable bonds is 16. The highest BCUT2D eigenvalue weighted by molar-refractivity contribution is 5.79. The number of nitrogens with one attached hydrogen (secondary N) is 2. The van der Waals surface area contributed by atoms with Gasteiger partial charge in [-0.25, -0.2) is 4.79 Å². The fraction of sp³-hybridized carbons (Fsp3) is 0.842. The zero-order valence-corrected chi connectivity index (χ0v) is 18.5. The lowest BCUT2D eigenvalue weighted by molar-refractivity contribution is -0.142. The Labute approximate surface area is 178 Å². The minimum Gasteiger partial charge on any atom is -0.468 e. The van der Waals surface area contributed by atoms with Crippen molar-refractivity contribution in [2.75, 3.05) is 59.8 Å². The topological polar surface area (TPSA) is 147 Å². The molecule has 0 bridgehead atoms. The smallest absolute Gasteiger partial charge is 0.407 e. The van der Waals surface area contributed by atoms with E-state index in [1.54, 1.807) is 20.8 Å². The molecule has 0 aromatic carbocycles. The van der Waals surface area contributed by atoms with Gasteiger partial charge in [-0.2, -0.15) is 0 Å². The molecule has 1 atom stereocenters. The van der Waals surface area contributed by atoms with Crippen LogP contribution in [0.4, 0.5) is 4.79 Å². The van der Waals surface area contributed by atoms with Crippen LogP contribution in [0.1, 0.15) is 33.6 Å². The van der Waals surface area contributed by atoms with Crippen molar-refractivity contribution in [1.82, 2.24) is 10.6 Å². The van der Waals surface area contributed by atoms with Crippen molar-refractivity contribution in [3.8, 4) is 0 Å². The second-order valence-electron chi connectivity index (χ2n) is 7.28. The zero-order valence-electron chi connectivity index (χ0n) is 18.5. The molecule has 0 saturated carbocycles. The SMILES string of the molecule is COC(=O)[C@@H](N)CCC(=O)NCCOCCOCCOCCNC(=O)OC(C)(C)C. The highest BCUT2D eigenvalue weighted by Gasteiger charge is 2.16. The minimum atomic E-state index is -0.792. The van der Waals surface area contributed by atoms with Gasteiger partial charge in [0.2, 0.25) is 5.91 Å². The molecule has 0 aliphatic rings. The third-order valence-electron chi connectivity index (χ3n) is 3.41. The Morgan fingerprint density at radius 3 is 1.87 bits per heavy atom. The molecule has 0 spiro atoms. The van der Waals surface area contributed by atoms with Gasteiger partial charge in [-0.3, -0.25) is 9.59 Å². The Morgan fingerprint density at radius 1 is 0.867 bits per heavy atom. The van der Waals surface area contributed by atoms with Crippen LogP contribution in [-0.4, -0.2) is 89.5 Å². The molecule has 0 heterocycles. The number of esters is 1. The van der Waals surface area contributed by atoms with Gasteiger partial charge in [0.05, 0.1) is 46.8 Å². The van der Waals surface area contributed by atoms with Gasteiger partial charge in [-0.1, -0.05) is 0 Å². The van der Waals surface area contributed by atoms with Crippen LogP contribution in [0.25, 0.3) is 0 Å². The van der Waals surface area contributed by atoms with E-state index in [9.17, 15) is 14.4 Å². The molecule has 0 fully saturated rings. The predicted molar refractivity (Wildman–Crippen MR) is 109 cm³/mol. The van der Waals surface area contributed by atoms with Gasteiger partial charge in [0.15, 0.2) is 0 Å². The van der Waals surface area contributed by atoms with Crippen LogP contribution in [-0.2, 0) is 33.3 Å². The Bertz CT molecular complexity index is 497. The van der Waals surface area contributed by atoms with Gasteiger partial charge in [0.1, 0.15) is 11.6 Å². The Kier molecular flexibility index (Phi) is 15.7. The first-order valence-electron chi connectivity index (χ1n) is 9.96. The number of nitrogens with two attached hydrogens (primary N) is 1. The van der Waals surface area contributed by atoms with E-state index in [0.29, 0.717) is 52.7 Å². The summed E-state index contributed by atoms with van der Waals surface area (Å²) in [4.78, 5) is 34.1. The van der Waals surface area contributed by atoms with Gasteiger partial charge in [-0.05, 0) is 27.2 Å². The second-order valence-corrected chi connectivity index (χ2v) is 7.28. The van der Waals surface area contributed by atoms with Crippen molar-refractivity contribution in [3.63, 3.8) is 0 Å². The molecular weight excluding hydrogens is 398 g/mol. The summed E-state index contributed by atoms with van der Waals surface area (Å²) >= 11 is 0. The van der Waals surface area contributed by atoms with Gasteiger partial charge in [-0.15, -0.1) is 0 Å². The molecule has 0 rings (SSSR count). The molecule has 0 radical (unpaired) electrons. The summed E-state index contributed by atoms with van der Waals surface area (Å²) in [5, 5.41) is 5.27. The zero-order chi connectivity index (χ0) is 22.8. The Hall–Kier alpha value is -1.95. The Balaban J connectivity index is 3.36. The van der Waals surface area contributed by atoms with Crippen molar-refractivity contribution in [2.45, 2.75) is 45.3 Å². The molecule has 11 nitrogen and oxygen atoms in total. The number of amides is 2. The van der Waals surface area contributed by atoms with Crippen molar-refractivity contribution in [1.29, 1.82) is 0 Å². The number of methoxy groups -OCH3 is 1. The molecule has 0 unspecified atom stereocenters. The van der Waals surface area contributed by atoms with E-state index in [4.69, 9.17) is 24.7 Å². The summed E-state index contributed by atoms with van der Waals surface area (Å²) in [5.74, 6) is -0.735. The highest BCUT2D eigenvalue weighted by atomic mass is 16.6. The molecule has 0 aliphatic carbocycles. The molecule has 0 aliphatic heterocycles. The van der Waals surface area contributed by atoms with E-state index in [-0.39, 0.29) is 18.7 Å². The number of carbonyl (C=O) groups excluding carboxylic acids is 3. The Morgan fingerprint density at radius 2 is 1.37 bits per heavy atom. The fourth-order valence-electron chi connectivity index (χ4n) is 1.99. The maximum Gasteiger partial charge on any atom is 0.407 e. The van der Waals surface area contributed by atoms with E-state index in [2.05, 4.69) is 15.4 Å². The van der Waals surface area contributed by atoms with Crippen LogP contribution in [0.5, 0.6) is 0 Å². The third-order valence-corrected chi connectivity index (χ3v) is 3.41. The maximum absolute atomic E-state index is 11.6. The monoisotopic (exact) mass is 435 g/mol. The number of carbonyl (C=O) groups is 3. The van der Waals surface area contributed by atoms with E-state index in [0.717, 1.165) is 0 Å². The summed E-state index contributed by atoms with van der Waals surface area (Å²) in [6.45, 7) is 8.44. The fourth-order valence-corrected chi connectivity index (χ4v) is 1.99. The molecule has 0 aromatic rings. The van der Waals surface area contributed by atoms with Crippen molar-refractivity contribution in [3.05, 3.63) is 0 Å². The van der Waals surface area contributed by atoms with Crippen LogP contribution >= 0.6 is 0 Å². The molecule has 0 saturated heterocycles. The molecule has 4 N–H and O–H groups in total. The maximum atomic E-state index is 11.6. The first-order chi connectivity index (χ1) is 14.2. The van der Waals surface area contributed by atoms with Crippen molar-refractivity contribution in [2.24, 2.45) is 5.73 Å². The van der Waals surface area contributed by atoms with E-state index < -0.39 is 23.7 Å². The molecular formula is C19H37N3O8. The van der Waals surface area contributed by atoms with Gasteiger partial charge >= 0.3 is 12.1 Å². The van der Waals surface area contributed by atoms with Crippen LogP contribution in [0.2, 0.25) is 0 Å². The molecule has 30 heavy (non-hydrogen) atoms. The summed E-state index contributed by atoms with van der Waals surface area (Å²) < 4.78 is 25.6. The number of alkyl carbamates (subject to hydrolysis) is 1. The second kappa shape index (κ2) is 16.8. The largest absolute Gasteiger partial charge is 0.468 e. The summed E-state index contributed by atoms with van der Waals surface area (Å²) in [5.41, 5.74) is 5.03. The van der Waals surface area contributed by atoms with E-state index in [1.807, 2.05) is 0 Å². The van der Waals surface area contributed by atoms with E-state index >= 15 is 0 Å². The standard InChI is InChI=1S/C19H37N3O8/c1-19(2,3)30-18(25)22-8-10-28-12-14-29-13-11-27-9-7-21-16(23)6-5-15(20)17(24)26-4/h15H,5-14,20H2,1-4H3,(H,21,23)(H,22,25)/t15-/m0/s1. The summed E-state index contributed by atoms with van der Waals surface area (Å²) in [6, 6.07) is -0.792. The van der Waals surface area contributed by atoms with Gasteiger partial charge in [0, 0.05) is 19.5 Å². The lowest BCUT2D eigenvalue weighted by atomic mass is 10.1. The van der Waals surface area contributed by atoms with Crippen molar-refractivity contribution < 1.29 is 38.1 Å². The van der Waals surface area contributed by atoms with E-state index in [1.165, 1.54) is 7.11 Å². The van der Waals surface area contributed by atoms with Crippen molar-refractivity contribution >= 4 is 18.0 Å². The van der Waals surface area contributed by atoms with Gasteiger partial charge < -0.3 is 40.1 Å². The molecule has 11 heteroatoms. The third kappa shape index (κ3) is 18.1. The summed E-state index contributed by atoms with van der Waals surface area (Å²) in [6.07, 6.45) is -0.0978. The van der Waals surface area contributed by atoms with Crippen LogP contribution < -0.4 is 16.4 Å². The normalized spacial score (nSPS) is 12.2. The average Bonchev–Trinajstić information content (AvgIpc) is 2.67. The number of ether oxygens (including phenoxy) is 5. The lowest BCUT2D eigenvalue weighted by Gasteiger charge is -2.19.